The topological polar surface area (TPSA) is 65.0 Å². The van der Waals surface area contributed by atoms with Crippen molar-refractivity contribution in [2.75, 3.05) is 13.1 Å². The van der Waals surface area contributed by atoms with Crippen LogP contribution in [0.25, 0.3) is 11.0 Å². The lowest BCUT2D eigenvalue weighted by Gasteiger charge is -2.13. The summed E-state index contributed by atoms with van der Waals surface area (Å²) in [5.41, 5.74) is 2.67. The summed E-state index contributed by atoms with van der Waals surface area (Å²) in [7, 11) is 5.77. The molecule has 0 amide bonds. The van der Waals surface area contributed by atoms with Crippen LogP contribution in [0.15, 0.2) is 12.5 Å². The number of H-pyrrole nitrogens is 1. The first-order valence-electron chi connectivity index (χ1n) is 6.55. The van der Waals surface area contributed by atoms with Crippen LogP contribution >= 0.6 is 0 Å². The van der Waals surface area contributed by atoms with E-state index in [4.69, 9.17) is 9.22 Å². The lowest BCUT2D eigenvalue weighted by Crippen LogP contribution is -2.21. The first kappa shape index (κ1) is 10.5. The number of fused-ring (bicyclic) bond motifs is 1. The molecule has 18 heavy (non-hydrogen) atoms. The van der Waals surface area contributed by atoms with Crippen molar-refractivity contribution in [3.8, 4) is 0 Å². The Balaban J connectivity index is 1.90. The molecule has 1 aliphatic heterocycles. The molecule has 1 aliphatic rings. The van der Waals surface area contributed by atoms with E-state index in [1.165, 1.54) is 0 Å². The van der Waals surface area contributed by atoms with Crippen molar-refractivity contribution < 1.29 is 6.48 Å². The number of likely N-dealkylation sites (tertiary alicyclic amines) is 1. The Morgan fingerprint density at radius 1 is 1.61 bits per heavy atom. The van der Waals surface area contributed by atoms with Crippen LogP contribution in [0.5, 0.6) is 0 Å². The summed E-state index contributed by atoms with van der Waals surface area (Å²) in [5, 5.41) is 9.77. The highest BCUT2D eigenvalue weighted by molar-refractivity contribution is 6.36. The molecule has 2 aromatic heterocycles. The Morgan fingerprint density at radius 2 is 2.44 bits per heavy atom. The highest BCUT2D eigenvalue weighted by Crippen LogP contribution is 2.21. The summed E-state index contributed by atoms with van der Waals surface area (Å²) in [6, 6.07) is 0. The number of β-amino-alcohol motifs (C(OH)–C–C–N with tert-alkyl or cyclic N) is 1. The molecule has 0 aliphatic carbocycles. The third-order valence-corrected chi connectivity index (χ3v) is 3.56. The molecule has 5 nitrogen and oxygen atoms in total. The largest absolute Gasteiger partial charge is 0.391 e. The molecule has 6 heteroatoms. The minimum Gasteiger partial charge on any atom is -0.391 e. The van der Waals surface area contributed by atoms with E-state index >= 15 is 0 Å². The van der Waals surface area contributed by atoms with Crippen molar-refractivity contribution >= 4 is 24.5 Å². The predicted molar refractivity (Wildman–Crippen MR) is 69.7 cm³/mol. The van der Waals surface area contributed by atoms with E-state index in [2.05, 4.69) is 19.9 Å². The van der Waals surface area contributed by atoms with Crippen molar-refractivity contribution in [3.63, 3.8) is 0 Å². The third kappa shape index (κ3) is 1.91. The van der Waals surface area contributed by atoms with Gasteiger partial charge in [-0.1, -0.05) is 6.92 Å². The van der Waals surface area contributed by atoms with Gasteiger partial charge in [-0.05, 0) is 5.92 Å². The summed E-state index contributed by atoms with van der Waals surface area (Å²) >= 11 is 0. The van der Waals surface area contributed by atoms with Gasteiger partial charge in [0.1, 0.15) is 15.5 Å². The van der Waals surface area contributed by atoms with Crippen LogP contribution in [0.3, 0.4) is 0 Å². The monoisotopic (exact) mass is 243 g/mol. The molecule has 2 N–H and O–H groups in total. The highest BCUT2D eigenvalue weighted by atomic mass is 16.3. The molecule has 1 saturated heterocycles. The molecule has 2 atom stereocenters. The van der Waals surface area contributed by atoms with E-state index in [1.807, 2.05) is 13.1 Å². The lowest BCUT2D eigenvalue weighted by molar-refractivity contribution is 0.147. The maximum absolute atomic E-state index is 9.77. The van der Waals surface area contributed by atoms with Gasteiger partial charge in [0.2, 0.25) is 0 Å². The molecule has 0 unspecified atom stereocenters. The zero-order chi connectivity index (χ0) is 13.6. The second-order valence-corrected chi connectivity index (χ2v) is 4.99. The van der Waals surface area contributed by atoms with Crippen molar-refractivity contribution in [2.24, 2.45) is 5.92 Å². The van der Waals surface area contributed by atoms with E-state index < -0.39 is 0 Å². The summed E-state index contributed by atoms with van der Waals surface area (Å²) in [6.45, 7) is 4.27. The average Bonchev–Trinajstić information content (AvgIpc) is 2.85. The van der Waals surface area contributed by atoms with Crippen LogP contribution in [-0.2, 0) is 6.54 Å². The smallest absolute Gasteiger partial charge is 0.144 e. The number of aromatic amines is 1. The van der Waals surface area contributed by atoms with Crippen molar-refractivity contribution in [3.05, 3.63) is 18.1 Å². The van der Waals surface area contributed by atoms with Crippen LogP contribution < -0.4 is 5.59 Å². The van der Waals surface area contributed by atoms with Gasteiger partial charge in [0, 0.05) is 37.0 Å². The normalized spacial score (nSPS) is 25.8. The van der Waals surface area contributed by atoms with Gasteiger partial charge in [-0.15, -0.1) is 0 Å². The molecule has 0 bridgehead atoms. The van der Waals surface area contributed by atoms with Gasteiger partial charge in [0.25, 0.3) is 0 Å². The first-order chi connectivity index (χ1) is 9.04. The zero-order valence-electron chi connectivity index (χ0n) is 11.2. The van der Waals surface area contributed by atoms with Crippen molar-refractivity contribution in [1.82, 2.24) is 19.9 Å². The SMILES string of the molecule is [2H]c1nc([B])c2[nH]cc(CN3C[C@H](C)[C@@H](O)C3)c2n1. The average molecular weight is 243 g/mol. The molecular weight excluding hydrogens is 227 g/mol. The maximum atomic E-state index is 9.77. The van der Waals surface area contributed by atoms with E-state index in [0.29, 0.717) is 29.7 Å². The molecule has 3 rings (SSSR count). The molecule has 0 saturated carbocycles. The molecule has 0 spiro atoms. The van der Waals surface area contributed by atoms with Crippen LogP contribution in [0.1, 0.15) is 13.9 Å². The summed E-state index contributed by atoms with van der Waals surface area (Å²) < 4.78 is 7.53. The minimum absolute atomic E-state index is 0.0688. The molecular formula is C12H15BN4O. The lowest BCUT2D eigenvalue weighted by atomic mass is 10.0. The van der Waals surface area contributed by atoms with E-state index in [9.17, 15) is 5.11 Å². The van der Waals surface area contributed by atoms with Gasteiger partial charge in [0.15, 0.2) is 0 Å². The number of nitrogens with one attached hydrogen (secondary N) is 1. The minimum atomic E-state index is -0.267. The Bertz CT molecular complexity index is 607. The zero-order valence-corrected chi connectivity index (χ0v) is 10.2. The van der Waals surface area contributed by atoms with E-state index in [-0.39, 0.29) is 18.3 Å². The van der Waals surface area contributed by atoms with Gasteiger partial charge < -0.3 is 10.1 Å². The summed E-state index contributed by atoms with van der Waals surface area (Å²) in [6.07, 6.45) is 1.52. The number of nitrogens with zero attached hydrogens (tertiary/aromatic N) is 3. The number of hydrogen-bond donors (Lipinski definition) is 2. The van der Waals surface area contributed by atoms with E-state index in [1.54, 1.807) is 0 Å². The predicted octanol–water partition coefficient (Wildman–Crippen LogP) is -0.436. The summed E-state index contributed by atoms with van der Waals surface area (Å²) in [4.78, 5) is 13.2. The maximum Gasteiger partial charge on any atom is 0.144 e. The molecule has 1 fully saturated rings. The van der Waals surface area contributed by atoms with Crippen molar-refractivity contribution in [1.29, 1.82) is 0 Å². The number of aliphatic hydroxyl groups excluding tert-OH is 1. The number of aliphatic hydroxyl groups is 1. The van der Waals surface area contributed by atoms with Crippen molar-refractivity contribution in [2.45, 2.75) is 19.6 Å². The van der Waals surface area contributed by atoms with Crippen LogP contribution in [0, 0.1) is 5.92 Å². The Hall–Kier alpha value is -1.40. The first-order valence-corrected chi connectivity index (χ1v) is 6.05. The second kappa shape index (κ2) is 4.37. The van der Waals surface area contributed by atoms with Gasteiger partial charge in [-0.25, -0.2) is 4.98 Å². The standard InChI is InChI=1S/C12H15BN4O/c1-7-3-17(5-9(7)18)4-8-2-14-11-10(8)15-6-16-12(11)13/h2,6-7,9,14,18H,3-5H2,1H3/t7-,9-/m0/s1/i6D. The number of rotatable bonds is 2. The molecule has 2 aromatic rings. The number of hydrogen-bond acceptors (Lipinski definition) is 4. The fourth-order valence-corrected chi connectivity index (χ4v) is 2.50. The van der Waals surface area contributed by atoms with Gasteiger partial charge >= 0.3 is 0 Å². The Kier molecular flexibility index (Phi) is 2.55. The van der Waals surface area contributed by atoms with Crippen LogP contribution in [0.2, 0.25) is 0 Å². The summed E-state index contributed by atoms with van der Waals surface area (Å²) in [5.74, 6) is 0.289. The molecule has 3 heterocycles. The van der Waals surface area contributed by atoms with Gasteiger partial charge in [-0.3, -0.25) is 9.88 Å². The molecule has 92 valence electrons. The molecule has 0 aromatic carbocycles. The molecule has 2 radical (unpaired) electrons. The fraction of sp³-hybridized carbons (Fsp3) is 0.500. The van der Waals surface area contributed by atoms with Gasteiger partial charge in [0.05, 0.1) is 17.1 Å². The fourth-order valence-electron chi connectivity index (χ4n) is 2.50. The second-order valence-electron chi connectivity index (χ2n) is 4.99. The van der Waals surface area contributed by atoms with Gasteiger partial charge in [-0.2, -0.15) is 0 Å². The Morgan fingerprint density at radius 3 is 3.17 bits per heavy atom. The third-order valence-electron chi connectivity index (χ3n) is 3.56. The number of aromatic nitrogens is 3. The Labute approximate surface area is 108 Å². The van der Waals surface area contributed by atoms with E-state index in [0.717, 1.165) is 12.1 Å². The quantitative estimate of drug-likeness (QED) is 0.702. The highest BCUT2D eigenvalue weighted by Gasteiger charge is 2.28. The van der Waals surface area contributed by atoms with Crippen LogP contribution in [-0.4, -0.2) is 52.0 Å². The van der Waals surface area contributed by atoms with Crippen LogP contribution in [0.4, 0.5) is 0 Å².